The summed E-state index contributed by atoms with van der Waals surface area (Å²) in [6.07, 6.45) is 3.45. The largest absolute Gasteiger partial charge is 0.324 e. The molecule has 1 saturated heterocycles. The predicted octanol–water partition coefficient (Wildman–Crippen LogP) is 0.995. The van der Waals surface area contributed by atoms with E-state index in [0.29, 0.717) is 17.8 Å². The maximum Gasteiger partial charge on any atom is 0.261 e. The first-order valence-electron chi connectivity index (χ1n) is 7.16. The molecule has 1 aromatic carbocycles. The molecule has 1 fully saturated rings. The van der Waals surface area contributed by atoms with Gasteiger partial charge in [-0.15, -0.1) is 0 Å². The standard InChI is InChI=1S/C15H17N3O3/c19-12(9-18-7-2-1-3-8-18)16-11-6-4-5-10-13(11)15(21)17-14(10)20/h4-6H,1-3,7-9H2,(H,16,19)(H,17,20,21). The summed E-state index contributed by atoms with van der Waals surface area (Å²) < 4.78 is 0. The van der Waals surface area contributed by atoms with Crippen molar-refractivity contribution in [3.05, 3.63) is 29.3 Å². The summed E-state index contributed by atoms with van der Waals surface area (Å²) in [5.74, 6) is -1.02. The van der Waals surface area contributed by atoms with Crippen molar-refractivity contribution in [1.82, 2.24) is 10.2 Å². The molecule has 0 spiro atoms. The lowest BCUT2D eigenvalue weighted by Crippen LogP contribution is -2.37. The van der Waals surface area contributed by atoms with Gasteiger partial charge in [-0.3, -0.25) is 24.6 Å². The Labute approximate surface area is 122 Å². The Morgan fingerprint density at radius 2 is 1.90 bits per heavy atom. The van der Waals surface area contributed by atoms with E-state index in [9.17, 15) is 14.4 Å². The van der Waals surface area contributed by atoms with Gasteiger partial charge < -0.3 is 5.32 Å². The average Bonchev–Trinajstić information content (AvgIpc) is 2.76. The van der Waals surface area contributed by atoms with Crippen LogP contribution >= 0.6 is 0 Å². The Balaban J connectivity index is 1.72. The van der Waals surface area contributed by atoms with Crippen LogP contribution in [-0.4, -0.2) is 42.3 Å². The van der Waals surface area contributed by atoms with Crippen molar-refractivity contribution in [3.8, 4) is 0 Å². The van der Waals surface area contributed by atoms with Gasteiger partial charge in [0.1, 0.15) is 0 Å². The number of piperidine rings is 1. The predicted molar refractivity (Wildman–Crippen MR) is 77.2 cm³/mol. The smallest absolute Gasteiger partial charge is 0.261 e. The third-order valence-corrected chi connectivity index (χ3v) is 3.85. The number of amides is 3. The molecule has 0 unspecified atom stereocenters. The van der Waals surface area contributed by atoms with Crippen molar-refractivity contribution < 1.29 is 14.4 Å². The number of fused-ring (bicyclic) bond motifs is 1. The van der Waals surface area contributed by atoms with Crippen LogP contribution in [0.2, 0.25) is 0 Å². The Kier molecular flexibility index (Phi) is 3.70. The minimum absolute atomic E-state index is 0.155. The second kappa shape index (κ2) is 5.65. The molecule has 0 aromatic heterocycles. The minimum atomic E-state index is -0.455. The van der Waals surface area contributed by atoms with Crippen LogP contribution in [0, 0.1) is 0 Å². The molecule has 0 radical (unpaired) electrons. The first kappa shape index (κ1) is 13.8. The monoisotopic (exact) mass is 287 g/mol. The molecule has 2 aliphatic rings. The van der Waals surface area contributed by atoms with E-state index in [1.54, 1.807) is 18.2 Å². The van der Waals surface area contributed by atoms with Crippen molar-refractivity contribution in [1.29, 1.82) is 0 Å². The van der Waals surface area contributed by atoms with Gasteiger partial charge >= 0.3 is 0 Å². The molecule has 110 valence electrons. The van der Waals surface area contributed by atoms with E-state index in [1.165, 1.54) is 6.42 Å². The fourth-order valence-electron chi connectivity index (χ4n) is 2.83. The van der Waals surface area contributed by atoms with E-state index in [4.69, 9.17) is 0 Å². The molecule has 6 heteroatoms. The number of hydrogen-bond acceptors (Lipinski definition) is 4. The first-order valence-corrected chi connectivity index (χ1v) is 7.16. The van der Waals surface area contributed by atoms with Gasteiger partial charge in [-0.05, 0) is 38.1 Å². The van der Waals surface area contributed by atoms with Gasteiger partial charge in [-0.25, -0.2) is 0 Å². The summed E-state index contributed by atoms with van der Waals surface area (Å²) in [6.45, 7) is 2.18. The number of benzene rings is 1. The Morgan fingerprint density at radius 3 is 2.67 bits per heavy atom. The zero-order chi connectivity index (χ0) is 14.8. The van der Waals surface area contributed by atoms with Gasteiger partial charge in [0.25, 0.3) is 11.8 Å². The third kappa shape index (κ3) is 2.80. The van der Waals surface area contributed by atoms with Crippen LogP contribution in [0.25, 0.3) is 0 Å². The van der Waals surface area contributed by atoms with E-state index in [-0.39, 0.29) is 11.5 Å². The number of hydrogen-bond donors (Lipinski definition) is 2. The maximum atomic E-state index is 12.1. The van der Waals surface area contributed by atoms with Gasteiger partial charge in [0.15, 0.2) is 0 Å². The third-order valence-electron chi connectivity index (χ3n) is 3.85. The normalized spacial score (nSPS) is 18.3. The Morgan fingerprint density at radius 1 is 1.14 bits per heavy atom. The Bertz CT molecular complexity index is 606. The van der Waals surface area contributed by atoms with Crippen molar-refractivity contribution in [2.24, 2.45) is 0 Å². The molecule has 2 N–H and O–H groups in total. The molecule has 2 heterocycles. The number of likely N-dealkylation sites (tertiary alicyclic amines) is 1. The number of carbonyl (C=O) groups excluding carboxylic acids is 3. The van der Waals surface area contributed by atoms with Crippen LogP contribution in [0.4, 0.5) is 5.69 Å². The van der Waals surface area contributed by atoms with E-state index in [1.807, 2.05) is 0 Å². The van der Waals surface area contributed by atoms with E-state index < -0.39 is 11.8 Å². The lowest BCUT2D eigenvalue weighted by atomic mass is 10.1. The molecule has 0 bridgehead atoms. The number of nitrogens with one attached hydrogen (secondary N) is 2. The molecular weight excluding hydrogens is 270 g/mol. The number of imide groups is 1. The Hall–Kier alpha value is -2.21. The van der Waals surface area contributed by atoms with Crippen LogP contribution in [0.15, 0.2) is 18.2 Å². The highest BCUT2D eigenvalue weighted by molar-refractivity contribution is 6.24. The highest BCUT2D eigenvalue weighted by Crippen LogP contribution is 2.24. The number of anilines is 1. The zero-order valence-electron chi connectivity index (χ0n) is 11.6. The molecule has 6 nitrogen and oxygen atoms in total. The van der Waals surface area contributed by atoms with E-state index >= 15 is 0 Å². The fourth-order valence-corrected chi connectivity index (χ4v) is 2.83. The van der Waals surface area contributed by atoms with Gasteiger partial charge in [0.2, 0.25) is 5.91 Å². The van der Waals surface area contributed by atoms with Crippen LogP contribution in [0.5, 0.6) is 0 Å². The van der Waals surface area contributed by atoms with E-state index in [2.05, 4.69) is 15.5 Å². The van der Waals surface area contributed by atoms with Gasteiger partial charge in [-0.1, -0.05) is 12.5 Å². The molecule has 21 heavy (non-hydrogen) atoms. The van der Waals surface area contributed by atoms with Crippen molar-refractivity contribution >= 4 is 23.4 Å². The number of carbonyl (C=O) groups is 3. The highest BCUT2D eigenvalue weighted by atomic mass is 16.2. The van der Waals surface area contributed by atoms with Crippen molar-refractivity contribution in [3.63, 3.8) is 0 Å². The highest BCUT2D eigenvalue weighted by Gasteiger charge is 2.29. The lowest BCUT2D eigenvalue weighted by Gasteiger charge is -2.25. The van der Waals surface area contributed by atoms with Crippen molar-refractivity contribution in [2.45, 2.75) is 19.3 Å². The minimum Gasteiger partial charge on any atom is -0.324 e. The molecule has 0 saturated carbocycles. The number of nitrogens with zero attached hydrogens (tertiary/aromatic N) is 1. The first-order chi connectivity index (χ1) is 10.1. The quantitative estimate of drug-likeness (QED) is 0.813. The zero-order valence-corrected chi connectivity index (χ0v) is 11.6. The second-order valence-corrected chi connectivity index (χ2v) is 5.40. The van der Waals surface area contributed by atoms with Gasteiger partial charge in [0.05, 0.1) is 23.4 Å². The van der Waals surface area contributed by atoms with Crippen LogP contribution in [0.1, 0.15) is 40.0 Å². The fraction of sp³-hybridized carbons (Fsp3) is 0.400. The topological polar surface area (TPSA) is 78.5 Å². The van der Waals surface area contributed by atoms with Gasteiger partial charge in [-0.2, -0.15) is 0 Å². The summed E-state index contributed by atoms with van der Waals surface area (Å²) in [7, 11) is 0. The van der Waals surface area contributed by atoms with Crippen LogP contribution in [-0.2, 0) is 4.79 Å². The summed E-state index contributed by atoms with van der Waals surface area (Å²) in [6, 6.07) is 4.88. The number of rotatable bonds is 3. The summed E-state index contributed by atoms with van der Waals surface area (Å²) >= 11 is 0. The maximum absolute atomic E-state index is 12.1. The van der Waals surface area contributed by atoms with E-state index in [0.717, 1.165) is 25.9 Å². The van der Waals surface area contributed by atoms with Gasteiger partial charge in [0, 0.05) is 0 Å². The van der Waals surface area contributed by atoms with Crippen LogP contribution in [0.3, 0.4) is 0 Å². The molecule has 3 rings (SSSR count). The molecule has 2 aliphatic heterocycles. The van der Waals surface area contributed by atoms with Crippen molar-refractivity contribution in [2.75, 3.05) is 25.0 Å². The van der Waals surface area contributed by atoms with Crippen LogP contribution < -0.4 is 10.6 Å². The summed E-state index contributed by atoms with van der Waals surface area (Å²) in [5.41, 5.74) is 0.975. The summed E-state index contributed by atoms with van der Waals surface area (Å²) in [5, 5.41) is 4.98. The second-order valence-electron chi connectivity index (χ2n) is 5.40. The SMILES string of the molecule is O=C(CN1CCCCC1)Nc1cccc2c1C(=O)NC2=O. The summed E-state index contributed by atoms with van der Waals surface area (Å²) in [4.78, 5) is 37.6. The molecule has 3 amide bonds. The lowest BCUT2D eigenvalue weighted by molar-refractivity contribution is -0.117. The molecule has 0 atom stereocenters. The average molecular weight is 287 g/mol. The molecule has 0 aliphatic carbocycles. The molecular formula is C15H17N3O3. The molecule has 1 aromatic rings.